The van der Waals surface area contributed by atoms with Crippen LogP contribution in [0.4, 0.5) is 0 Å². The fourth-order valence-electron chi connectivity index (χ4n) is 1.43. The van der Waals surface area contributed by atoms with Crippen LogP contribution in [0.1, 0.15) is 35.6 Å². The van der Waals surface area contributed by atoms with E-state index in [-0.39, 0.29) is 18.0 Å². The number of carbonyl (C=O) groups is 2. The minimum absolute atomic E-state index is 0.0169. The van der Waals surface area contributed by atoms with Gasteiger partial charge in [0.1, 0.15) is 11.8 Å². The molecule has 19 heavy (non-hydrogen) atoms. The van der Waals surface area contributed by atoms with Gasteiger partial charge in [-0.3, -0.25) is 4.79 Å². The van der Waals surface area contributed by atoms with E-state index in [2.05, 4.69) is 9.72 Å². The Kier molecular flexibility index (Phi) is 5.40. The van der Waals surface area contributed by atoms with Crippen LogP contribution in [0.3, 0.4) is 0 Å². The Balaban J connectivity index is 2.76. The molecule has 0 radical (unpaired) electrons. The summed E-state index contributed by atoms with van der Waals surface area (Å²) in [7, 11) is 0. The number of esters is 1. The molecule has 0 aliphatic carbocycles. The van der Waals surface area contributed by atoms with Gasteiger partial charge in [0.25, 0.3) is 0 Å². The minimum Gasteiger partial charge on any atom is -0.477 e. The van der Waals surface area contributed by atoms with Crippen molar-refractivity contribution < 1.29 is 29.6 Å². The fourth-order valence-corrected chi connectivity index (χ4v) is 1.43. The number of rotatable bonds is 6. The topological polar surface area (TPSA) is 117 Å². The Morgan fingerprint density at radius 2 is 2.05 bits per heavy atom. The molecular formula is C12H15NO6. The number of aliphatic hydroxyl groups is 2. The van der Waals surface area contributed by atoms with Crippen LogP contribution in [0, 0.1) is 0 Å². The number of hydrogen-bond acceptors (Lipinski definition) is 6. The summed E-state index contributed by atoms with van der Waals surface area (Å²) in [5.74, 6) is -1.89. The number of hydrogen-bond donors (Lipinski definition) is 3. The normalized spacial score (nSPS) is 13.6. The van der Waals surface area contributed by atoms with Crippen LogP contribution >= 0.6 is 0 Å². The third-order valence-electron chi connectivity index (χ3n) is 2.34. The molecule has 7 heteroatoms. The predicted octanol–water partition coefficient (Wildman–Crippen LogP) is 0.127. The average molecular weight is 269 g/mol. The zero-order chi connectivity index (χ0) is 14.4. The first-order valence-corrected chi connectivity index (χ1v) is 5.67. The van der Waals surface area contributed by atoms with Gasteiger partial charge in [0.2, 0.25) is 0 Å². The number of aliphatic hydroxyl groups excluding tert-OH is 2. The first-order chi connectivity index (χ1) is 8.95. The Hall–Kier alpha value is -1.99. The van der Waals surface area contributed by atoms with Gasteiger partial charge in [0.15, 0.2) is 0 Å². The lowest BCUT2D eigenvalue weighted by Gasteiger charge is -2.16. The summed E-state index contributed by atoms with van der Waals surface area (Å²) in [4.78, 5) is 25.6. The molecule has 2 unspecified atom stereocenters. The number of pyridine rings is 1. The molecule has 3 N–H and O–H groups in total. The summed E-state index contributed by atoms with van der Waals surface area (Å²) >= 11 is 0. The number of carbonyl (C=O) groups excluding carboxylic acids is 1. The van der Waals surface area contributed by atoms with Gasteiger partial charge in [-0.05, 0) is 19.1 Å². The number of carboxylic acid groups (broad SMARTS) is 1. The number of ether oxygens (including phenoxy) is 1. The van der Waals surface area contributed by atoms with Crippen molar-refractivity contribution in [2.75, 3.05) is 6.61 Å². The van der Waals surface area contributed by atoms with E-state index in [4.69, 9.17) is 5.11 Å². The molecule has 2 atom stereocenters. The number of carboxylic acids is 1. The lowest BCUT2D eigenvalue weighted by Crippen LogP contribution is -2.24. The van der Waals surface area contributed by atoms with Gasteiger partial charge in [-0.2, -0.15) is 0 Å². The molecular weight excluding hydrogens is 254 g/mol. The molecule has 1 aromatic heterocycles. The molecule has 1 heterocycles. The van der Waals surface area contributed by atoms with Crippen molar-refractivity contribution in [3.8, 4) is 0 Å². The molecule has 0 amide bonds. The largest absolute Gasteiger partial charge is 0.477 e. The Bertz CT molecular complexity index is 461. The monoisotopic (exact) mass is 269 g/mol. The van der Waals surface area contributed by atoms with Gasteiger partial charge in [-0.15, -0.1) is 0 Å². The minimum atomic E-state index is -1.45. The average Bonchev–Trinajstić information content (AvgIpc) is 2.38. The molecule has 1 aromatic rings. The maximum atomic E-state index is 11.2. The van der Waals surface area contributed by atoms with Gasteiger partial charge in [-0.1, -0.05) is 6.07 Å². The maximum Gasteiger partial charge on any atom is 0.354 e. The molecule has 7 nitrogen and oxygen atoms in total. The Labute approximate surface area is 109 Å². The molecule has 0 fully saturated rings. The molecule has 0 aliphatic rings. The molecule has 0 spiro atoms. The van der Waals surface area contributed by atoms with E-state index in [1.807, 2.05) is 0 Å². The quantitative estimate of drug-likeness (QED) is 0.628. The van der Waals surface area contributed by atoms with E-state index in [9.17, 15) is 19.8 Å². The molecule has 0 aliphatic heterocycles. The second-order valence-electron chi connectivity index (χ2n) is 3.77. The van der Waals surface area contributed by atoms with Crippen LogP contribution in [-0.2, 0) is 9.53 Å². The Morgan fingerprint density at radius 1 is 1.37 bits per heavy atom. The highest BCUT2D eigenvalue weighted by atomic mass is 16.5. The smallest absolute Gasteiger partial charge is 0.354 e. The van der Waals surface area contributed by atoms with Crippen molar-refractivity contribution in [2.24, 2.45) is 0 Å². The van der Waals surface area contributed by atoms with Crippen molar-refractivity contribution in [1.29, 1.82) is 0 Å². The van der Waals surface area contributed by atoms with E-state index in [1.54, 1.807) is 6.92 Å². The molecule has 0 saturated heterocycles. The van der Waals surface area contributed by atoms with Gasteiger partial charge < -0.3 is 20.1 Å². The van der Waals surface area contributed by atoms with Crippen molar-refractivity contribution >= 4 is 11.9 Å². The van der Waals surface area contributed by atoms with E-state index in [1.165, 1.54) is 18.2 Å². The van der Waals surface area contributed by atoms with Gasteiger partial charge in [-0.25, -0.2) is 9.78 Å². The second kappa shape index (κ2) is 6.81. The van der Waals surface area contributed by atoms with Gasteiger partial charge in [0.05, 0.1) is 24.8 Å². The van der Waals surface area contributed by atoms with E-state index in [0.29, 0.717) is 0 Å². The highest BCUT2D eigenvalue weighted by Gasteiger charge is 2.23. The predicted molar refractivity (Wildman–Crippen MR) is 63.4 cm³/mol. The standard InChI is InChI=1S/C12H15NO6/c1-2-19-10(15)6-9(14)11(16)7-4-3-5-8(13-7)12(17)18/h3-5,9,11,14,16H,2,6H2,1H3,(H,17,18). The number of nitrogens with zero attached hydrogens (tertiary/aromatic N) is 1. The molecule has 0 bridgehead atoms. The first-order valence-electron chi connectivity index (χ1n) is 5.67. The third kappa shape index (κ3) is 4.31. The van der Waals surface area contributed by atoms with Crippen LogP contribution in [-0.4, -0.2) is 45.0 Å². The summed E-state index contributed by atoms with van der Waals surface area (Å²) < 4.78 is 4.64. The first kappa shape index (κ1) is 15.1. The third-order valence-corrected chi connectivity index (χ3v) is 2.34. The number of aromatic carboxylic acids is 1. The van der Waals surface area contributed by atoms with Gasteiger partial charge >= 0.3 is 11.9 Å². The highest BCUT2D eigenvalue weighted by molar-refractivity contribution is 5.85. The van der Waals surface area contributed by atoms with Crippen molar-refractivity contribution in [2.45, 2.75) is 25.6 Å². The summed E-state index contributed by atoms with van der Waals surface area (Å²) in [6.45, 7) is 1.80. The van der Waals surface area contributed by atoms with Crippen LogP contribution in [0.25, 0.3) is 0 Å². The van der Waals surface area contributed by atoms with Crippen LogP contribution in [0.15, 0.2) is 18.2 Å². The van der Waals surface area contributed by atoms with Crippen molar-refractivity contribution in [3.63, 3.8) is 0 Å². The number of aromatic nitrogens is 1. The maximum absolute atomic E-state index is 11.2. The van der Waals surface area contributed by atoms with Crippen molar-refractivity contribution in [3.05, 3.63) is 29.6 Å². The zero-order valence-electron chi connectivity index (χ0n) is 10.3. The van der Waals surface area contributed by atoms with E-state index in [0.717, 1.165) is 0 Å². The fraction of sp³-hybridized carbons (Fsp3) is 0.417. The molecule has 104 valence electrons. The summed E-state index contributed by atoms with van der Waals surface area (Å²) in [5.41, 5.74) is -0.267. The van der Waals surface area contributed by atoms with E-state index < -0.39 is 30.6 Å². The lowest BCUT2D eigenvalue weighted by atomic mass is 10.1. The second-order valence-corrected chi connectivity index (χ2v) is 3.77. The molecule has 0 saturated carbocycles. The molecule has 0 aromatic carbocycles. The zero-order valence-corrected chi connectivity index (χ0v) is 10.3. The summed E-state index contributed by atoms with van der Waals surface area (Å²) in [6.07, 6.45) is -3.26. The lowest BCUT2D eigenvalue weighted by molar-refractivity contribution is -0.147. The van der Waals surface area contributed by atoms with Crippen molar-refractivity contribution in [1.82, 2.24) is 4.98 Å². The van der Waals surface area contributed by atoms with Crippen LogP contribution < -0.4 is 0 Å². The van der Waals surface area contributed by atoms with Gasteiger partial charge in [0, 0.05) is 0 Å². The highest BCUT2D eigenvalue weighted by Crippen LogP contribution is 2.17. The van der Waals surface area contributed by atoms with Crippen LogP contribution in [0.5, 0.6) is 0 Å². The summed E-state index contributed by atoms with van der Waals surface area (Å²) in [5, 5.41) is 28.2. The molecule has 1 rings (SSSR count). The summed E-state index contributed by atoms with van der Waals surface area (Å²) in [6, 6.07) is 4.02. The Morgan fingerprint density at radius 3 is 2.63 bits per heavy atom. The van der Waals surface area contributed by atoms with Crippen LogP contribution in [0.2, 0.25) is 0 Å². The van der Waals surface area contributed by atoms with E-state index >= 15 is 0 Å². The SMILES string of the molecule is CCOC(=O)CC(O)C(O)c1cccc(C(=O)O)n1.